The highest BCUT2D eigenvalue weighted by molar-refractivity contribution is 14.1. The van der Waals surface area contributed by atoms with E-state index in [1.165, 1.54) is 0 Å². The number of aromatic nitrogens is 3. The van der Waals surface area contributed by atoms with Crippen molar-refractivity contribution in [3.05, 3.63) is 36.0 Å². The number of imidazole rings is 1. The van der Waals surface area contributed by atoms with Crippen LogP contribution in [0.1, 0.15) is 0 Å². The SMILES string of the molecule is Oc1c(I)cc(I)cc1-c1nc2ncc(Br)cc2[nH]1. The van der Waals surface area contributed by atoms with Crippen LogP contribution in [0, 0.1) is 7.14 Å². The third-order valence-electron chi connectivity index (χ3n) is 2.59. The molecule has 0 amide bonds. The van der Waals surface area contributed by atoms with Crippen LogP contribution in [0.5, 0.6) is 5.75 Å². The van der Waals surface area contributed by atoms with Crippen LogP contribution < -0.4 is 0 Å². The van der Waals surface area contributed by atoms with Gasteiger partial charge >= 0.3 is 0 Å². The summed E-state index contributed by atoms with van der Waals surface area (Å²) < 4.78 is 2.73. The number of nitrogens with zero attached hydrogens (tertiary/aromatic N) is 2. The molecule has 3 aromatic rings. The smallest absolute Gasteiger partial charge is 0.178 e. The molecule has 2 N–H and O–H groups in total. The lowest BCUT2D eigenvalue weighted by molar-refractivity contribution is 0.473. The summed E-state index contributed by atoms with van der Waals surface area (Å²) in [6, 6.07) is 5.72. The maximum absolute atomic E-state index is 10.2. The van der Waals surface area contributed by atoms with E-state index >= 15 is 0 Å². The number of halogens is 3. The first-order valence-corrected chi connectivity index (χ1v) is 8.19. The highest BCUT2D eigenvalue weighted by atomic mass is 127. The Morgan fingerprint density at radius 1 is 1.21 bits per heavy atom. The van der Waals surface area contributed by atoms with Gasteiger partial charge in [-0.25, -0.2) is 9.97 Å². The second-order valence-electron chi connectivity index (χ2n) is 3.89. The third kappa shape index (κ3) is 2.59. The lowest BCUT2D eigenvalue weighted by Crippen LogP contribution is -1.86. The molecular formula is C12H6BrI2N3O. The van der Waals surface area contributed by atoms with Gasteiger partial charge in [-0.15, -0.1) is 0 Å². The number of phenolic OH excluding ortho intramolecular Hbond substituents is 1. The maximum Gasteiger partial charge on any atom is 0.178 e. The lowest BCUT2D eigenvalue weighted by Gasteiger charge is -2.04. The predicted molar refractivity (Wildman–Crippen MR) is 94.1 cm³/mol. The van der Waals surface area contributed by atoms with Crippen molar-refractivity contribution >= 4 is 72.3 Å². The number of rotatable bonds is 1. The van der Waals surface area contributed by atoms with Gasteiger partial charge in [-0.1, -0.05) is 0 Å². The van der Waals surface area contributed by atoms with Crippen molar-refractivity contribution in [3.8, 4) is 17.1 Å². The molecule has 1 aromatic carbocycles. The summed E-state index contributed by atoms with van der Waals surface area (Å²) in [5, 5.41) is 10.2. The molecule has 0 saturated heterocycles. The number of H-pyrrole nitrogens is 1. The first kappa shape index (κ1) is 13.6. The summed E-state index contributed by atoms with van der Waals surface area (Å²) in [6.45, 7) is 0. The van der Waals surface area contributed by atoms with Crippen LogP contribution in [0.25, 0.3) is 22.6 Å². The predicted octanol–water partition coefficient (Wildman–Crippen LogP) is 4.30. The first-order valence-electron chi connectivity index (χ1n) is 5.24. The topological polar surface area (TPSA) is 61.8 Å². The number of pyridine rings is 1. The van der Waals surface area contributed by atoms with Gasteiger partial charge in [0.25, 0.3) is 0 Å². The highest BCUT2D eigenvalue weighted by Gasteiger charge is 2.13. The van der Waals surface area contributed by atoms with Crippen molar-refractivity contribution in [3.63, 3.8) is 0 Å². The van der Waals surface area contributed by atoms with Gasteiger partial charge in [0.2, 0.25) is 0 Å². The molecule has 2 aromatic heterocycles. The number of benzene rings is 1. The molecule has 0 fully saturated rings. The number of aromatic amines is 1. The van der Waals surface area contributed by atoms with E-state index in [4.69, 9.17) is 0 Å². The third-order valence-corrected chi connectivity index (χ3v) is 4.47. The molecule has 0 bridgehead atoms. The molecule has 0 saturated carbocycles. The minimum Gasteiger partial charge on any atom is -0.506 e. The van der Waals surface area contributed by atoms with Gasteiger partial charge in [0, 0.05) is 14.2 Å². The molecule has 3 rings (SSSR count). The molecule has 19 heavy (non-hydrogen) atoms. The second-order valence-corrected chi connectivity index (χ2v) is 7.22. The molecule has 2 heterocycles. The van der Waals surface area contributed by atoms with Crippen LogP contribution in [0.2, 0.25) is 0 Å². The van der Waals surface area contributed by atoms with E-state index in [0.717, 1.165) is 17.1 Å². The Kier molecular flexibility index (Phi) is 3.69. The van der Waals surface area contributed by atoms with Crippen molar-refractivity contribution in [2.24, 2.45) is 0 Å². The molecule has 0 radical (unpaired) electrons. The van der Waals surface area contributed by atoms with E-state index in [9.17, 15) is 5.11 Å². The Bertz CT molecular complexity index is 788. The van der Waals surface area contributed by atoms with E-state index < -0.39 is 0 Å². The Morgan fingerprint density at radius 2 is 2.00 bits per heavy atom. The van der Waals surface area contributed by atoms with Gasteiger partial charge < -0.3 is 10.1 Å². The Labute approximate surface area is 144 Å². The van der Waals surface area contributed by atoms with Crippen LogP contribution in [-0.2, 0) is 0 Å². The van der Waals surface area contributed by atoms with Gasteiger partial charge in [0.1, 0.15) is 11.6 Å². The monoisotopic (exact) mass is 541 g/mol. The van der Waals surface area contributed by atoms with Crippen LogP contribution in [0.15, 0.2) is 28.9 Å². The maximum atomic E-state index is 10.2. The number of phenols is 1. The molecule has 0 atom stereocenters. The van der Waals surface area contributed by atoms with Crippen LogP contribution in [0.4, 0.5) is 0 Å². The molecule has 96 valence electrons. The van der Waals surface area contributed by atoms with Crippen molar-refractivity contribution in [2.75, 3.05) is 0 Å². The zero-order valence-electron chi connectivity index (χ0n) is 9.28. The molecule has 0 aliphatic rings. The minimum absolute atomic E-state index is 0.235. The second kappa shape index (κ2) is 5.17. The summed E-state index contributed by atoms with van der Waals surface area (Å²) in [5.41, 5.74) is 2.15. The summed E-state index contributed by atoms with van der Waals surface area (Å²) in [7, 11) is 0. The van der Waals surface area contributed by atoms with Crippen LogP contribution in [0.3, 0.4) is 0 Å². The summed E-state index contributed by atoms with van der Waals surface area (Å²) in [5.74, 6) is 0.855. The van der Waals surface area contributed by atoms with Gasteiger partial charge in [-0.3, -0.25) is 0 Å². The van der Waals surface area contributed by atoms with E-state index in [1.807, 2.05) is 18.2 Å². The van der Waals surface area contributed by atoms with Crippen molar-refractivity contribution < 1.29 is 5.11 Å². The minimum atomic E-state index is 0.235. The van der Waals surface area contributed by atoms with Crippen molar-refractivity contribution in [2.45, 2.75) is 0 Å². The number of nitrogens with one attached hydrogen (secondary N) is 1. The Balaban J connectivity index is 2.24. The van der Waals surface area contributed by atoms with Crippen LogP contribution >= 0.6 is 61.1 Å². The van der Waals surface area contributed by atoms with E-state index in [0.29, 0.717) is 17.0 Å². The van der Waals surface area contributed by atoms with Crippen molar-refractivity contribution in [1.29, 1.82) is 0 Å². The number of hydrogen-bond donors (Lipinski definition) is 2. The normalized spacial score (nSPS) is 11.1. The first-order chi connectivity index (χ1) is 9.04. The Hall–Kier alpha value is -0.420. The fourth-order valence-electron chi connectivity index (χ4n) is 1.75. The molecule has 4 nitrogen and oxygen atoms in total. The summed E-state index contributed by atoms with van der Waals surface area (Å²) in [6.07, 6.45) is 1.70. The number of hydrogen-bond acceptors (Lipinski definition) is 3. The molecule has 0 spiro atoms. The molecular weight excluding hydrogens is 536 g/mol. The average molecular weight is 542 g/mol. The van der Waals surface area contributed by atoms with Crippen LogP contribution in [-0.4, -0.2) is 20.1 Å². The number of aromatic hydroxyl groups is 1. The van der Waals surface area contributed by atoms with E-state index in [2.05, 4.69) is 76.1 Å². The summed E-state index contributed by atoms with van der Waals surface area (Å²) >= 11 is 7.70. The lowest BCUT2D eigenvalue weighted by atomic mass is 10.2. The highest BCUT2D eigenvalue weighted by Crippen LogP contribution is 2.34. The van der Waals surface area contributed by atoms with Gasteiger partial charge in [0.05, 0.1) is 14.7 Å². The van der Waals surface area contributed by atoms with Gasteiger partial charge in [0.15, 0.2) is 5.65 Å². The van der Waals surface area contributed by atoms with Gasteiger partial charge in [-0.2, -0.15) is 0 Å². The fourth-order valence-corrected chi connectivity index (χ4v) is 3.92. The van der Waals surface area contributed by atoms with E-state index in [-0.39, 0.29) is 5.75 Å². The molecule has 0 unspecified atom stereocenters. The van der Waals surface area contributed by atoms with Crippen molar-refractivity contribution in [1.82, 2.24) is 15.0 Å². The quantitative estimate of drug-likeness (QED) is 0.452. The van der Waals surface area contributed by atoms with Gasteiger partial charge in [-0.05, 0) is 79.3 Å². The largest absolute Gasteiger partial charge is 0.506 e. The zero-order valence-corrected chi connectivity index (χ0v) is 15.2. The molecule has 0 aliphatic heterocycles. The average Bonchev–Trinajstić information content (AvgIpc) is 2.76. The molecule has 0 aliphatic carbocycles. The zero-order chi connectivity index (χ0) is 13.6. The summed E-state index contributed by atoms with van der Waals surface area (Å²) in [4.78, 5) is 11.8. The fraction of sp³-hybridized carbons (Fsp3) is 0. The molecule has 7 heteroatoms. The Morgan fingerprint density at radius 3 is 2.79 bits per heavy atom. The standard InChI is InChI=1S/C12H6BrI2N3O/c13-5-1-9-12(16-4-5)18-11(17-9)7-2-6(14)3-8(15)10(7)19/h1-4,19H,(H,16,17,18). The van der Waals surface area contributed by atoms with E-state index in [1.54, 1.807) is 6.20 Å². The number of fused-ring (bicyclic) bond motifs is 1.